The number of hydrogen-bond donors (Lipinski definition) is 1. The molecule has 21 heavy (non-hydrogen) atoms. The van der Waals surface area contributed by atoms with Crippen molar-refractivity contribution in [1.29, 1.82) is 0 Å². The Kier molecular flexibility index (Phi) is 4.32. The molecule has 3 rings (SSSR count). The van der Waals surface area contributed by atoms with Crippen molar-refractivity contribution in [1.82, 2.24) is 13.9 Å². The Balaban J connectivity index is 1.94. The van der Waals surface area contributed by atoms with E-state index in [1.165, 1.54) is 0 Å². The summed E-state index contributed by atoms with van der Waals surface area (Å²) < 4.78 is 7.12. The summed E-state index contributed by atoms with van der Waals surface area (Å²) in [5.74, 6) is 0.809. The van der Waals surface area contributed by atoms with Crippen LogP contribution in [0.5, 0.6) is 5.75 Å². The number of aromatic nitrogens is 3. The zero-order valence-corrected chi connectivity index (χ0v) is 14.2. The normalized spacial score (nSPS) is 12.5. The first kappa shape index (κ1) is 14.6. The maximum absolute atomic E-state index is 6.28. The third-order valence-electron chi connectivity index (χ3n) is 3.24. The molecule has 5 nitrogen and oxygen atoms in total. The van der Waals surface area contributed by atoms with Crippen LogP contribution in [-0.4, -0.2) is 21.1 Å². The molecule has 0 fully saturated rings. The third-order valence-corrected chi connectivity index (χ3v) is 4.96. The van der Waals surface area contributed by atoms with Crippen LogP contribution in [0.2, 0.25) is 0 Å². The van der Waals surface area contributed by atoms with Crippen LogP contribution < -0.4 is 10.5 Å². The summed E-state index contributed by atoms with van der Waals surface area (Å²) in [7, 11) is 3.20. The van der Waals surface area contributed by atoms with Gasteiger partial charge in [-0.1, -0.05) is 12.1 Å². The monoisotopic (exact) mass is 412 g/mol. The maximum atomic E-state index is 6.28. The van der Waals surface area contributed by atoms with Crippen molar-refractivity contribution in [3.63, 3.8) is 0 Å². The summed E-state index contributed by atoms with van der Waals surface area (Å²) >= 11 is 2.21. The molecule has 0 aliphatic carbocycles. The average molecular weight is 412 g/mol. The molecule has 0 aliphatic heterocycles. The van der Waals surface area contributed by atoms with Crippen molar-refractivity contribution < 1.29 is 4.74 Å². The van der Waals surface area contributed by atoms with Gasteiger partial charge in [-0.3, -0.25) is 3.97 Å². The molecule has 108 valence electrons. The van der Waals surface area contributed by atoms with Crippen LogP contribution in [0.25, 0.3) is 11.2 Å². The minimum atomic E-state index is -0.302. The van der Waals surface area contributed by atoms with Crippen molar-refractivity contribution >= 4 is 41.5 Å². The van der Waals surface area contributed by atoms with E-state index in [4.69, 9.17) is 10.5 Å². The lowest BCUT2D eigenvalue weighted by Crippen LogP contribution is -2.14. The largest absolute Gasteiger partial charge is 0.497 e. The van der Waals surface area contributed by atoms with Crippen LogP contribution in [0, 0.1) is 0 Å². The summed E-state index contributed by atoms with van der Waals surface area (Å²) in [4.78, 5) is 9.07. The fraction of sp³-hybridized carbons (Fsp3) is 0.143. The molecular formula is C14H13IN4OS. The van der Waals surface area contributed by atoms with E-state index < -0.39 is 0 Å². The first-order chi connectivity index (χ1) is 10.2. The van der Waals surface area contributed by atoms with Gasteiger partial charge in [-0.25, -0.2) is 9.97 Å². The maximum Gasteiger partial charge on any atom is 0.169 e. The van der Waals surface area contributed by atoms with Crippen LogP contribution in [-0.2, 0) is 0 Å². The predicted octanol–water partition coefficient (Wildman–Crippen LogP) is 3.33. The Morgan fingerprint density at radius 3 is 2.71 bits per heavy atom. The summed E-state index contributed by atoms with van der Waals surface area (Å²) in [6.45, 7) is 0. The zero-order valence-electron chi connectivity index (χ0n) is 11.2. The summed E-state index contributed by atoms with van der Waals surface area (Å²) in [6, 6.07) is 9.32. The number of fused-ring (bicyclic) bond motifs is 1. The predicted molar refractivity (Wildman–Crippen MR) is 93.6 cm³/mol. The van der Waals surface area contributed by atoms with Gasteiger partial charge < -0.3 is 10.5 Å². The van der Waals surface area contributed by atoms with Crippen molar-refractivity contribution in [2.75, 3.05) is 7.11 Å². The molecule has 0 aliphatic rings. The molecule has 7 heteroatoms. The number of rotatable bonds is 4. The standard InChI is InChI=1S/C14H13IN4OS/c1-20-10-4-2-9(3-5-10)13(16)12-8-17-14-11(18-12)6-7-19(14)21-15/h2-8,13H,16H2,1H3. The van der Waals surface area contributed by atoms with Gasteiger partial charge in [-0.2, -0.15) is 0 Å². The summed E-state index contributed by atoms with van der Waals surface area (Å²) in [5.41, 5.74) is 9.71. The Morgan fingerprint density at radius 1 is 1.29 bits per heavy atom. The Hall–Kier alpha value is -1.32. The van der Waals surface area contributed by atoms with Gasteiger partial charge in [0.15, 0.2) is 5.65 Å². The van der Waals surface area contributed by atoms with Gasteiger partial charge in [0.05, 0.1) is 25.0 Å². The van der Waals surface area contributed by atoms with Crippen LogP contribution in [0.1, 0.15) is 17.3 Å². The number of benzene rings is 1. The first-order valence-corrected chi connectivity index (χ1v) is 9.57. The van der Waals surface area contributed by atoms with Crippen molar-refractivity contribution in [2.24, 2.45) is 5.73 Å². The van der Waals surface area contributed by atoms with Gasteiger partial charge in [0, 0.05) is 36.5 Å². The van der Waals surface area contributed by atoms with Crippen LogP contribution in [0.4, 0.5) is 0 Å². The Morgan fingerprint density at radius 2 is 2.05 bits per heavy atom. The lowest BCUT2D eigenvalue weighted by atomic mass is 10.1. The van der Waals surface area contributed by atoms with E-state index in [9.17, 15) is 0 Å². The van der Waals surface area contributed by atoms with E-state index in [0.29, 0.717) is 0 Å². The van der Waals surface area contributed by atoms with Gasteiger partial charge >= 0.3 is 0 Å². The minimum Gasteiger partial charge on any atom is -0.497 e. The van der Waals surface area contributed by atoms with Gasteiger partial charge in [-0.15, -0.1) is 0 Å². The van der Waals surface area contributed by atoms with E-state index in [0.717, 1.165) is 28.2 Å². The second-order valence-electron chi connectivity index (χ2n) is 4.47. The van der Waals surface area contributed by atoms with Gasteiger partial charge in [0.1, 0.15) is 11.3 Å². The minimum absolute atomic E-state index is 0.302. The molecule has 2 aromatic heterocycles. The number of nitrogens with two attached hydrogens (primary N) is 1. The highest BCUT2D eigenvalue weighted by Gasteiger charge is 2.13. The number of nitrogens with zero attached hydrogens (tertiary/aromatic N) is 3. The van der Waals surface area contributed by atoms with E-state index in [1.54, 1.807) is 22.4 Å². The molecule has 0 radical (unpaired) electrons. The third kappa shape index (κ3) is 2.85. The topological polar surface area (TPSA) is 66.0 Å². The van der Waals surface area contributed by atoms with Crippen LogP contribution >= 0.6 is 30.3 Å². The number of methoxy groups -OCH3 is 1. The molecule has 0 bridgehead atoms. The number of halogens is 1. The number of hydrogen-bond acceptors (Lipinski definition) is 5. The van der Waals surface area contributed by atoms with Gasteiger partial charge in [0.2, 0.25) is 0 Å². The fourth-order valence-corrected chi connectivity index (χ4v) is 3.36. The highest BCUT2D eigenvalue weighted by molar-refractivity contribution is 14.2. The molecule has 1 aromatic carbocycles. The zero-order chi connectivity index (χ0) is 14.8. The molecular weight excluding hydrogens is 399 g/mol. The van der Waals surface area contributed by atoms with Crippen LogP contribution in [0.15, 0.2) is 42.7 Å². The van der Waals surface area contributed by atoms with E-state index in [2.05, 4.69) is 31.2 Å². The first-order valence-electron chi connectivity index (χ1n) is 6.25. The van der Waals surface area contributed by atoms with Crippen molar-refractivity contribution in [2.45, 2.75) is 6.04 Å². The van der Waals surface area contributed by atoms with E-state index in [1.807, 2.05) is 40.5 Å². The fourth-order valence-electron chi connectivity index (χ4n) is 2.09. The SMILES string of the molecule is COc1ccc(C(N)c2cnc3c(ccn3SI)n2)cc1. The van der Waals surface area contributed by atoms with E-state index in [-0.39, 0.29) is 6.04 Å². The number of ether oxygens (including phenoxy) is 1. The average Bonchev–Trinajstić information content (AvgIpc) is 2.96. The second kappa shape index (κ2) is 6.20. The molecule has 0 saturated heterocycles. The molecule has 0 amide bonds. The molecule has 2 N–H and O–H groups in total. The Bertz CT molecular complexity index is 759. The molecule has 0 spiro atoms. The lowest BCUT2D eigenvalue weighted by Gasteiger charge is -2.12. The molecule has 1 unspecified atom stereocenters. The highest BCUT2D eigenvalue weighted by atomic mass is 127. The van der Waals surface area contributed by atoms with Gasteiger partial charge in [0.25, 0.3) is 0 Å². The van der Waals surface area contributed by atoms with Crippen LogP contribution in [0.3, 0.4) is 0 Å². The highest BCUT2D eigenvalue weighted by Crippen LogP contribution is 2.25. The molecule has 1 atom stereocenters. The molecule has 0 saturated carbocycles. The van der Waals surface area contributed by atoms with E-state index >= 15 is 0 Å². The summed E-state index contributed by atoms with van der Waals surface area (Å²) in [6.07, 6.45) is 3.69. The Labute approximate surface area is 138 Å². The summed E-state index contributed by atoms with van der Waals surface area (Å²) in [5, 5.41) is 0. The lowest BCUT2D eigenvalue weighted by molar-refractivity contribution is 0.414. The molecule has 3 aromatic rings. The smallest absolute Gasteiger partial charge is 0.169 e. The second-order valence-corrected chi connectivity index (χ2v) is 6.18. The van der Waals surface area contributed by atoms with Crippen molar-refractivity contribution in [3.8, 4) is 5.75 Å². The van der Waals surface area contributed by atoms with Gasteiger partial charge in [-0.05, 0) is 23.8 Å². The quantitative estimate of drug-likeness (QED) is 0.666. The molecule has 2 heterocycles. The van der Waals surface area contributed by atoms with Crippen molar-refractivity contribution in [3.05, 3.63) is 54.0 Å².